The van der Waals surface area contributed by atoms with Crippen LogP contribution in [0, 0.1) is 19.7 Å². The molecule has 1 atom stereocenters. The largest absolute Gasteiger partial charge is 0.381 e. The van der Waals surface area contributed by atoms with E-state index < -0.39 is 15.9 Å². The van der Waals surface area contributed by atoms with Crippen LogP contribution in [0.2, 0.25) is 0 Å². The predicted octanol–water partition coefficient (Wildman–Crippen LogP) is 6.13. The van der Waals surface area contributed by atoms with Crippen molar-refractivity contribution in [3.63, 3.8) is 0 Å². The van der Waals surface area contributed by atoms with E-state index >= 15 is 0 Å². The van der Waals surface area contributed by atoms with Crippen molar-refractivity contribution < 1.29 is 22.3 Å². The molecule has 3 aliphatic rings. The third-order valence-corrected chi connectivity index (χ3v) is 12.2. The van der Waals surface area contributed by atoms with Crippen molar-refractivity contribution in [2.75, 3.05) is 44.0 Å². The molecule has 0 aliphatic carbocycles. The molecule has 3 aromatic carbocycles. The maximum atomic E-state index is 14.8. The van der Waals surface area contributed by atoms with Gasteiger partial charge in [0.1, 0.15) is 11.5 Å². The van der Waals surface area contributed by atoms with E-state index in [9.17, 15) is 22.4 Å². The smallest absolute Gasteiger partial charge is 0.270 e. The van der Waals surface area contributed by atoms with Gasteiger partial charge >= 0.3 is 0 Å². The number of nitrogens with zero attached hydrogens (tertiary/aromatic N) is 4. The van der Waals surface area contributed by atoms with E-state index in [1.165, 1.54) is 11.8 Å². The average Bonchev–Trinajstić information content (AvgIpc) is 3.54. The number of ether oxygens (including phenoxy) is 1. The summed E-state index contributed by atoms with van der Waals surface area (Å²) in [6.07, 6.45) is 3.49. The molecule has 0 radical (unpaired) electrons. The van der Waals surface area contributed by atoms with E-state index in [1.807, 2.05) is 30.0 Å². The summed E-state index contributed by atoms with van der Waals surface area (Å²) in [6, 6.07) is 18.1. The summed E-state index contributed by atoms with van der Waals surface area (Å²) in [4.78, 5) is 41.1. The van der Waals surface area contributed by atoms with Gasteiger partial charge in [0.15, 0.2) is 9.84 Å². The summed E-state index contributed by atoms with van der Waals surface area (Å²) < 4.78 is 46.4. The lowest BCUT2D eigenvalue weighted by Crippen LogP contribution is -2.49. The van der Waals surface area contributed by atoms with Crippen LogP contribution in [0.1, 0.15) is 81.6 Å². The van der Waals surface area contributed by atoms with Gasteiger partial charge in [0.2, 0.25) is 5.95 Å². The molecule has 270 valence electrons. The van der Waals surface area contributed by atoms with Gasteiger partial charge in [0, 0.05) is 61.5 Å². The van der Waals surface area contributed by atoms with Crippen molar-refractivity contribution in [2.45, 2.75) is 62.8 Å². The first kappa shape index (κ1) is 34.3. The summed E-state index contributed by atoms with van der Waals surface area (Å²) in [6.45, 7) is 8.13. The van der Waals surface area contributed by atoms with Gasteiger partial charge in [-0.1, -0.05) is 18.2 Å². The molecule has 10 nitrogen and oxygen atoms in total. The number of H-pyrrole nitrogens is 1. The fourth-order valence-electron chi connectivity index (χ4n) is 8.05. The van der Waals surface area contributed by atoms with Gasteiger partial charge in [-0.3, -0.25) is 9.59 Å². The first-order valence-corrected chi connectivity index (χ1v) is 19.8. The highest BCUT2D eigenvalue weighted by Gasteiger charge is 2.37. The number of rotatable bonds is 6. The molecule has 52 heavy (non-hydrogen) atoms. The quantitative estimate of drug-likeness (QED) is 0.224. The number of sulfone groups is 1. The number of amides is 1. The average molecular weight is 724 g/mol. The van der Waals surface area contributed by atoms with Crippen LogP contribution in [0.5, 0.6) is 0 Å². The van der Waals surface area contributed by atoms with Crippen molar-refractivity contribution in [3.8, 4) is 5.69 Å². The predicted molar refractivity (Wildman–Crippen MR) is 198 cm³/mol. The van der Waals surface area contributed by atoms with Crippen LogP contribution in [-0.2, 0) is 21.0 Å². The molecular weight excluding hydrogens is 682 g/mol. The Morgan fingerprint density at radius 3 is 2.38 bits per heavy atom. The van der Waals surface area contributed by atoms with E-state index in [-0.39, 0.29) is 28.1 Å². The molecule has 2 fully saturated rings. The molecule has 0 bridgehead atoms. The van der Waals surface area contributed by atoms with Gasteiger partial charge in [0.05, 0.1) is 22.3 Å². The third-order valence-electron chi connectivity index (χ3n) is 11.1. The number of hydrogen-bond acceptors (Lipinski definition) is 7. The Hall–Kier alpha value is -4.81. The number of aryl methyl sites for hydroxylation is 2. The van der Waals surface area contributed by atoms with Crippen LogP contribution >= 0.6 is 0 Å². The van der Waals surface area contributed by atoms with Crippen molar-refractivity contribution in [3.05, 3.63) is 116 Å². The number of nitrogens with one attached hydrogen (secondary N) is 1. The zero-order valence-corrected chi connectivity index (χ0v) is 30.6. The fourth-order valence-corrected chi connectivity index (χ4v) is 8.72. The van der Waals surface area contributed by atoms with E-state index in [2.05, 4.69) is 17.1 Å². The molecule has 0 saturated carbocycles. The van der Waals surface area contributed by atoms with Crippen LogP contribution in [0.3, 0.4) is 0 Å². The summed E-state index contributed by atoms with van der Waals surface area (Å²) >= 11 is 0. The monoisotopic (exact) mass is 723 g/mol. The molecular formula is C40H42FN5O5S. The van der Waals surface area contributed by atoms with Gasteiger partial charge in [-0.05, 0) is 111 Å². The summed E-state index contributed by atoms with van der Waals surface area (Å²) in [7, 11) is -3.37. The highest BCUT2D eigenvalue weighted by atomic mass is 32.2. The van der Waals surface area contributed by atoms with Gasteiger partial charge in [0.25, 0.3) is 11.5 Å². The Morgan fingerprint density at radius 1 is 0.962 bits per heavy atom. The second-order valence-corrected chi connectivity index (χ2v) is 16.6. The number of carbonyl (C=O) groups is 1. The molecule has 0 unspecified atom stereocenters. The molecule has 1 amide bonds. The number of benzene rings is 3. The van der Waals surface area contributed by atoms with Crippen LogP contribution in [0.25, 0.3) is 16.6 Å². The molecule has 12 heteroatoms. The van der Waals surface area contributed by atoms with Crippen molar-refractivity contribution in [2.24, 2.45) is 0 Å². The first-order valence-electron chi connectivity index (χ1n) is 17.9. The Morgan fingerprint density at radius 2 is 1.67 bits per heavy atom. The third kappa shape index (κ3) is 6.01. The maximum Gasteiger partial charge on any atom is 0.270 e. The molecule has 5 aromatic rings. The van der Waals surface area contributed by atoms with Crippen LogP contribution in [0.15, 0.2) is 70.4 Å². The van der Waals surface area contributed by atoms with E-state index in [1.54, 1.807) is 53.6 Å². The Labute approximate surface area is 302 Å². The lowest BCUT2D eigenvalue weighted by Gasteiger charge is -2.42. The minimum Gasteiger partial charge on any atom is -0.381 e. The molecule has 2 saturated heterocycles. The van der Waals surface area contributed by atoms with Crippen LogP contribution in [-0.4, -0.2) is 72.9 Å². The normalized spacial score (nSPS) is 18.4. The second-order valence-electron chi connectivity index (χ2n) is 14.6. The Kier molecular flexibility index (Phi) is 8.57. The van der Waals surface area contributed by atoms with Gasteiger partial charge in [-0.15, -0.1) is 0 Å². The van der Waals surface area contributed by atoms with Crippen LogP contribution in [0.4, 0.5) is 10.3 Å². The maximum absolute atomic E-state index is 14.8. The molecule has 3 aliphatic heterocycles. The SMILES string of the molecule is Cc1cc(-n2c(N3CC(c4cccc(S(C)(=O)=O)c4)C3)nc3c(c2=O)CCN(C(=O)c2cc4cc(C5CCOCC5)ccc4[nH]2)[C@@H]3C)cc(C)c1F. The lowest BCUT2D eigenvalue weighted by molar-refractivity contribution is 0.0666. The number of aromatic amines is 1. The van der Waals surface area contributed by atoms with Crippen molar-refractivity contribution >= 4 is 32.6 Å². The lowest BCUT2D eigenvalue weighted by atomic mass is 9.91. The highest BCUT2D eigenvalue weighted by Crippen LogP contribution is 2.36. The Bertz CT molecular complexity index is 2390. The number of hydrogen-bond donors (Lipinski definition) is 1. The molecule has 1 N–H and O–H groups in total. The zero-order chi connectivity index (χ0) is 36.5. The number of carbonyl (C=O) groups excluding carboxylic acids is 1. The Balaban J connectivity index is 1.13. The molecule has 2 aromatic heterocycles. The molecule has 5 heterocycles. The summed E-state index contributed by atoms with van der Waals surface area (Å²) in [5.74, 6) is 0.395. The van der Waals surface area contributed by atoms with Gasteiger partial charge in [-0.2, -0.15) is 0 Å². The van der Waals surface area contributed by atoms with Gasteiger partial charge < -0.3 is 19.5 Å². The first-order chi connectivity index (χ1) is 24.9. The number of anilines is 1. The van der Waals surface area contributed by atoms with Crippen molar-refractivity contribution in [1.82, 2.24) is 19.4 Å². The number of aromatic nitrogens is 3. The second kappa shape index (κ2) is 13.0. The standard InChI is InChI=1S/C40H42FN5O5S/c1-23-16-31(17-24(2)36(23)41)46-38(47)33-10-13-45(39(48)35-20-29-18-28(8-9-34(29)42-35)26-11-14-51-15-12-26)25(3)37(33)43-40(46)44-21-30(22-44)27-6-5-7-32(19-27)52(4,49)50/h5-9,16-20,25-26,30,42H,10-15,21-22H2,1-4H3/t25-/m1/s1. The van der Waals surface area contributed by atoms with Gasteiger partial charge in [-0.25, -0.2) is 22.4 Å². The summed E-state index contributed by atoms with van der Waals surface area (Å²) in [5.41, 5.74) is 5.75. The van der Waals surface area contributed by atoms with E-state index in [0.29, 0.717) is 71.7 Å². The number of fused-ring (bicyclic) bond motifs is 2. The molecule has 8 rings (SSSR count). The summed E-state index contributed by atoms with van der Waals surface area (Å²) in [5, 5.41) is 0.986. The minimum absolute atomic E-state index is 0.0178. The van der Waals surface area contributed by atoms with Crippen molar-refractivity contribution in [1.29, 1.82) is 0 Å². The fraction of sp³-hybridized carbons (Fsp3) is 0.375. The number of halogens is 1. The van der Waals surface area contributed by atoms with Crippen LogP contribution < -0.4 is 10.5 Å². The zero-order valence-electron chi connectivity index (χ0n) is 29.8. The van der Waals surface area contributed by atoms with E-state index in [0.717, 1.165) is 42.5 Å². The minimum atomic E-state index is -3.37. The van der Waals surface area contributed by atoms with E-state index in [4.69, 9.17) is 9.72 Å². The topological polar surface area (TPSA) is 118 Å². The molecule has 0 spiro atoms. The highest BCUT2D eigenvalue weighted by molar-refractivity contribution is 7.90.